The lowest BCUT2D eigenvalue weighted by molar-refractivity contribution is -0.118. The molecule has 2 N–H and O–H groups in total. The first-order chi connectivity index (χ1) is 12.0. The highest BCUT2D eigenvalue weighted by Crippen LogP contribution is 2.58. The number of hydrogen-bond donors (Lipinski definition) is 2. The van der Waals surface area contributed by atoms with Gasteiger partial charge in [-0.25, -0.2) is 4.68 Å². The van der Waals surface area contributed by atoms with Crippen LogP contribution in [-0.2, 0) is 11.8 Å². The van der Waals surface area contributed by atoms with Crippen molar-refractivity contribution in [1.82, 2.24) is 14.7 Å². The fourth-order valence-corrected chi connectivity index (χ4v) is 4.12. The fourth-order valence-electron chi connectivity index (χ4n) is 4.12. The molecule has 1 atom stereocenters. The van der Waals surface area contributed by atoms with Crippen molar-refractivity contribution in [2.24, 2.45) is 18.4 Å². The largest absolute Gasteiger partial charge is 0.320 e. The van der Waals surface area contributed by atoms with Crippen LogP contribution in [-0.4, -0.2) is 28.4 Å². The highest BCUT2D eigenvalue weighted by Gasteiger charge is 2.57. The number of aromatic nitrogens is 2. The van der Waals surface area contributed by atoms with Crippen molar-refractivity contribution < 1.29 is 4.79 Å². The molecule has 26 heavy (non-hydrogen) atoms. The Hall–Kier alpha value is -2.05. The van der Waals surface area contributed by atoms with Gasteiger partial charge in [-0.15, -0.1) is 12.4 Å². The van der Waals surface area contributed by atoms with Crippen LogP contribution >= 0.6 is 12.4 Å². The van der Waals surface area contributed by atoms with Crippen molar-refractivity contribution in [3.05, 3.63) is 46.4 Å². The van der Waals surface area contributed by atoms with E-state index in [1.807, 2.05) is 44.3 Å². The molecule has 140 valence electrons. The average molecular weight is 377 g/mol. The van der Waals surface area contributed by atoms with Gasteiger partial charge in [0.1, 0.15) is 5.69 Å². The summed E-state index contributed by atoms with van der Waals surface area (Å²) >= 11 is 0. The quantitative estimate of drug-likeness (QED) is 0.863. The molecule has 0 bridgehead atoms. The molecule has 1 aromatic heterocycles. The zero-order valence-corrected chi connectivity index (χ0v) is 15.9. The van der Waals surface area contributed by atoms with Gasteiger partial charge in [0.05, 0.1) is 11.4 Å². The summed E-state index contributed by atoms with van der Waals surface area (Å²) in [5, 5.41) is 6.28. The van der Waals surface area contributed by atoms with Gasteiger partial charge in [0.2, 0.25) is 5.91 Å². The number of amides is 1. The summed E-state index contributed by atoms with van der Waals surface area (Å²) in [5.74, 6) is 0.0340. The molecule has 1 unspecified atom stereocenters. The third-order valence-electron chi connectivity index (χ3n) is 5.91. The summed E-state index contributed by atoms with van der Waals surface area (Å²) in [6.45, 7) is 3.83. The Morgan fingerprint density at radius 3 is 2.54 bits per heavy atom. The predicted molar refractivity (Wildman–Crippen MR) is 104 cm³/mol. The van der Waals surface area contributed by atoms with Crippen LogP contribution in [0.2, 0.25) is 0 Å². The lowest BCUT2D eigenvalue weighted by Gasteiger charge is -2.23. The molecule has 2 fully saturated rings. The van der Waals surface area contributed by atoms with Crippen molar-refractivity contribution in [3.8, 4) is 5.69 Å². The number of halogens is 1. The Labute approximate surface area is 159 Å². The summed E-state index contributed by atoms with van der Waals surface area (Å²) in [6, 6.07) is 9.48. The number of carbonyl (C=O) groups is 1. The van der Waals surface area contributed by atoms with Gasteiger partial charge in [0.15, 0.2) is 0 Å². The second kappa shape index (κ2) is 6.93. The van der Waals surface area contributed by atoms with Crippen molar-refractivity contribution in [2.75, 3.05) is 18.4 Å². The molecule has 1 aromatic carbocycles. The van der Waals surface area contributed by atoms with E-state index in [2.05, 4.69) is 10.6 Å². The molecular formula is C19H25ClN4O2. The summed E-state index contributed by atoms with van der Waals surface area (Å²) in [7, 11) is 1.84. The summed E-state index contributed by atoms with van der Waals surface area (Å²) in [6.07, 6.45) is 3.04. The number of piperidine rings is 1. The molecule has 4 rings (SSSR count). The normalized spacial score (nSPS) is 20.5. The number of anilines is 1. The first-order valence-corrected chi connectivity index (χ1v) is 8.89. The smallest absolute Gasteiger partial charge is 0.295 e. The number of hydrogen-bond acceptors (Lipinski definition) is 3. The molecule has 2 aromatic rings. The van der Waals surface area contributed by atoms with E-state index in [4.69, 9.17) is 0 Å². The molecule has 1 saturated carbocycles. The van der Waals surface area contributed by atoms with Crippen molar-refractivity contribution in [3.63, 3.8) is 0 Å². The number of nitrogens with one attached hydrogen (secondary N) is 2. The number of para-hydroxylation sites is 1. The van der Waals surface area contributed by atoms with Gasteiger partial charge < -0.3 is 10.6 Å². The molecule has 1 saturated heterocycles. The molecular weight excluding hydrogens is 352 g/mol. The molecule has 1 aliphatic heterocycles. The maximum atomic E-state index is 12.9. The molecule has 1 spiro atoms. The van der Waals surface area contributed by atoms with E-state index in [1.54, 1.807) is 9.36 Å². The zero-order valence-electron chi connectivity index (χ0n) is 15.1. The molecule has 2 aliphatic rings. The Morgan fingerprint density at radius 1 is 1.23 bits per heavy atom. The Bertz CT molecular complexity index is 866. The van der Waals surface area contributed by atoms with E-state index in [0.29, 0.717) is 5.69 Å². The van der Waals surface area contributed by atoms with Crippen molar-refractivity contribution >= 4 is 24.0 Å². The minimum Gasteiger partial charge on any atom is -0.320 e. The summed E-state index contributed by atoms with van der Waals surface area (Å²) in [4.78, 5) is 25.6. The third-order valence-corrected chi connectivity index (χ3v) is 5.91. The lowest BCUT2D eigenvalue weighted by atomic mass is 9.92. The summed E-state index contributed by atoms with van der Waals surface area (Å²) < 4.78 is 3.39. The van der Waals surface area contributed by atoms with Crippen LogP contribution in [0.25, 0.3) is 5.69 Å². The van der Waals surface area contributed by atoms with E-state index >= 15 is 0 Å². The molecule has 1 aliphatic carbocycles. The van der Waals surface area contributed by atoms with Gasteiger partial charge in [-0.1, -0.05) is 18.2 Å². The van der Waals surface area contributed by atoms with Crippen LogP contribution in [0.1, 0.15) is 25.0 Å². The first kappa shape index (κ1) is 18.7. The topological polar surface area (TPSA) is 68.1 Å². The van der Waals surface area contributed by atoms with Gasteiger partial charge in [0, 0.05) is 13.0 Å². The van der Waals surface area contributed by atoms with Crippen LogP contribution in [0, 0.1) is 18.3 Å². The van der Waals surface area contributed by atoms with Gasteiger partial charge in [0.25, 0.3) is 5.56 Å². The maximum Gasteiger partial charge on any atom is 0.295 e. The zero-order chi connectivity index (χ0) is 17.6. The minimum absolute atomic E-state index is 0. The highest BCUT2D eigenvalue weighted by atomic mass is 35.5. The monoisotopic (exact) mass is 376 g/mol. The van der Waals surface area contributed by atoms with Crippen LogP contribution in [0.4, 0.5) is 5.69 Å². The second-order valence-electron chi connectivity index (χ2n) is 7.29. The Morgan fingerprint density at radius 2 is 1.88 bits per heavy atom. The average Bonchev–Trinajstić information content (AvgIpc) is 3.28. The number of nitrogens with zero attached hydrogens (tertiary/aromatic N) is 2. The second-order valence-corrected chi connectivity index (χ2v) is 7.29. The van der Waals surface area contributed by atoms with Crippen molar-refractivity contribution in [1.29, 1.82) is 0 Å². The molecule has 2 heterocycles. The maximum absolute atomic E-state index is 12.9. The number of benzene rings is 1. The lowest BCUT2D eigenvalue weighted by Crippen LogP contribution is -2.32. The third kappa shape index (κ3) is 2.97. The van der Waals surface area contributed by atoms with E-state index in [0.717, 1.165) is 43.7 Å². The molecule has 6 nitrogen and oxygen atoms in total. The predicted octanol–water partition coefficient (Wildman–Crippen LogP) is 2.23. The number of carbonyl (C=O) groups excluding carboxylic acids is 1. The van der Waals surface area contributed by atoms with Crippen LogP contribution < -0.4 is 16.2 Å². The SMILES string of the molecule is Cc1c(NC(=O)C2CC23CCNCC3)c(=O)n(-c2ccccc2)n1C.Cl. The van der Waals surface area contributed by atoms with Gasteiger partial charge in [-0.2, -0.15) is 0 Å². The number of rotatable bonds is 3. The van der Waals surface area contributed by atoms with E-state index in [9.17, 15) is 9.59 Å². The highest BCUT2D eigenvalue weighted by molar-refractivity contribution is 5.95. The van der Waals surface area contributed by atoms with E-state index in [-0.39, 0.29) is 35.2 Å². The van der Waals surface area contributed by atoms with Crippen LogP contribution in [0.15, 0.2) is 35.1 Å². The molecule has 0 radical (unpaired) electrons. The van der Waals surface area contributed by atoms with Gasteiger partial charge >= 0.3 is 0 Å². The fraction of sp³-hybridized carbons (Fsp3) is 0.474. The van der Waals surface area contributed by atoms with Gasteiger partial charge in [-0.05, 0) is 56.8 Å². The Balaban J connectivity index is 0.00000196. The van der Waals surface area contributed by atoms with Gasteiger partial charge in [-0.3, -0.25) is 14.3 Å². The minimum atomic E-state index is -0.181. The Kier molecular flexibility index (Phi) is 4.99. The van der Waals surface area contributed by atoms with E-state index < -0.39 is 0 Å². The van der Waals surface area contributed by atoms with Crippen LogP contribution in [0.5, 0.6) is 0 Å². The molecule has 7 heteroatoms. The summed E-state index contributed by atoms with van der Waals surface area (Å²) in [5.41, 5.74) is 1.94. The standard InChI is InChI=1S/C19H24N4O2.ClH/c1-13-16(18(25)23(22(13)2)14-6-4-3-5-7-14)21-17(24)15-12-19(15)8-10-20-11-9-19;/h3-7,15,20H,8-12H2,1-2H3,(H,21,24);1H. The van der Waals surface area contributed by atoms with E-state index in [1.165, 1.54) is 0 Å². The molecule has 1 amide bonds. The van der Waals surface area contributed by atoms with Crippen LogP contribution in [0.3, 0.4) is 0 Å². The first-order valence-electron chi connectivity index (χ1n) is 8.89. The van der Waals surface area contributed by atoms with Crippen molar-refractivity contribution in [2.45, 2.75) is 26.2 Å².